The number of anilines is 3. The minimum absolute atomic E-state index is 0.633. The van der Waals surface area contributed by atoms with Crippen LogP contribution in [0.3, 0.4) is 0 Å². The highest BCUT2D eigenvalue weighted by Gasteiger charge is 2.15. The molecule has 0 aliphatic heterocycles. The molecule has 9 aromatic rings. The Balaban J connectivity index is 1.01. The maximum Gasteiger partial charge on any atom is 0.227 e. The van der Waals surface area contributed by atoms with Gasteiger partial charge in [-0.05, 0) is 93.0 Å². The van der Waals surface area contributed by atoms with Gasteiger partial charge >= 0.3 is 0 Å². The molecule has 9 rings (SSSR count). The molecule has 0 saturated carbocycles. The molecule has 0 amide bonds. The zero-order chi connectivity index (χ0) is 31.9. The van der Waals surface area contributed by atoms with Gasteiger partial charge in [-0.25, -0.2) is 4.98 Å². The molecule has 0 unspecified atom stereocenters. The molecule has 0 fully saturated rings. The van der Waals surface area contributed by atoms with Crippen molar-refractivity contribution in [2.45, 2.75) is 0 Å². The molecule has 48 heavy (non-hydrogen) atoms. The second-order valence-electron chi connectivity index (χ2n) is 12.0. The number of hydrogen-bond donors (Lipinski definition) is 0. The van der Waals surface area contributed by atoms with Crippen molar-refractivity contribution in [3.63, 3.8) is 0 Å². The molecule has 0 N–H and O–H groups in total. The van der Waals surface area contributed by atoms with Crippen molar-refractivity contribution < 1.29 is 4.42 Å². The quantitative estimate of drug-likeness (QED) is 0.187. The van der Waals surface area contributed by atoms with E-state index < -0.39 is 0 Å². The molecular formula is C45H30N2O. The Morgan fingerprint density at radius 3 is 1.60 bits per heavy atom. The minimum atomic E-state index is 0.633. The van der Waals surface area contributed by atoms with Crippen molar-refractivity contribution in [2.24, 2.45) is 0 Å². The average molecular weight is 615 g/mol. The number of oxazole rings is 1. The van der Waals surface area contributed by atoms with E-state index in [9.17, 15) is 0 Å². The molecule has 0 aliphatic carbocycles. The Morgan fingerprint density at radius 2 is 0.896 bits per heavy atom. The summed E-state index contributed by atoms with van der Waals surface area (Å²) in [6, 6.07) is 64.1. The van der Waals surface area contributed by atoms with Crippen LogP contribution in [0.4, 0.5) is 17.1 Å². The van der Waals surface area contributed by atoms with Crippen LogP contribution in [0.15, 0.2) is 186 Å². The first-order valence-corrected chi connectivity index (χ1v) is 16.2. The van der Waals surface area contributed by atoms with Gasteiger partial charge in [-0.3, -0.25) is 0 Å². The van der Waals surface area contributed by atoms with E-state index in [1.807, 2.05) is 18.2 Å². The molecule has 0 radical (unpaired) electrons. The van der Waals surface area contributed by atoms with Gasteiger partial charge < -0.3 is 9.32 Å². The van der Waals surface area contributed by atoms with E-state index in [4.69, 9.17) is 9.40 Å². The zero-order valence-corrected chi connectivity index (χ0v) is 26.1. The van der Waals surface area contributed by atoms with E-state index in [0.717, 1.165) is 55.6 Å². The van der Waals surface area contributed by atoms with Gasteiger partial charge in [0.1, 0.15) is 5.52 Å². The molecular weight excluding hydrogens is 585 g/mol. The number of para-hydroxylation sites is 1. The topological polar surface area (TPSA) is 29.3 Å². The number of nitrogens with zero attached hydrogens (tertiary/aromatic N) is 2. The number of rotatable bonds is 6. The lowest BCUT2D eigenvalue weighted by Crippen LogP contribution is -2.09. The predicted molar refractivity (Wildman–Crippen MR) is 200 cm³/mol. The van der Waals surface area contributed by atoms with Crippen molar-refractivity contribution in [1.29, 1.82) is 0 Å². The smallest absolute Gasteiger partial charge is 0.227 e. The molecule has 0 atom stereocenters. The van der Waals surface area contributed by atoms with Crippen molar-refractivity contribution in [2.75, 3.05) is 4.90 Å². The van der Waals surface area contributed by atoms with Crippen LogP contribution >= 0.6 is 0 Å². The number of benzene rings is 8. The van der Waals surface area contributed by atoms with Crippen molar-refractivity contribution in [1.82, 2.24) is 4.98 Å². The lowest BCUT2D eigenvalue weighted by Gasteiger charge is -2.26. The van der Waals surface area contributed by atoms with E-state index in [-0.39, 0.29) is 0 Å². The maximum absolute atomic E-state index is 6.17. The molecule has 0 saturated heterocycles. The van der Waals surface area contributed by atoms with Crippen LogP contribution in [0.2, 0.25) is 0 Å². The van der Waals surface area contributed by atoms with Gasteiger partial charge in [-0.1, -0.05) is 127 Å². The van der Waals surface area contributed by atoms with Crippen molar-refractivity contribution in [3.8, 4) is 33.7 Å². The highest BCUT2D eigenvalue weighted by molar-refractivity contribution is 6.04. The Labute approximate surface area is 279 Å². The maximum atomic E-state index is 6.17. The molecule has 1 aromatic heterocycles. The molecule has 3 heteroatoms. The highest BCUT2D eigenvalue weighted by atomic mass is 16.3. The molecule has 0 aliphatic rings. The SMILES string of the molecule is c1ccc(N(c2ccc(-c3ccc(-c4nc5c(ccc6ccccc65)o4)cc3)cc2)c2ccc(-c3cccc4ccccc34)cc2)cc1. The van der Waals surface area contributed by atoms with Gasteiger partial charge in [-0.15, -0.1) is 0 Å². The summed E-state index contributed by atoms with van der Waals surface area (Å²) >= 11 is 0. The second-order valence-corrected chi connectivity index (χ2v) is 12.0. The summed E-state index contributed by atoms with van der Waals surface area (Å²) in [6.07, 6.45) is 0. The number of hydrogen-bond acceptors (Lipinski definition) is 3. The normalized spacial score (nSPS) is 11.3. The summed E-state index contributed by atoms with van der Waals surface area (Å²) in [5.74, 6) is 0.633. The monoisotopic (exact) mass is 614 g/mol. The number of fused-ring (bicyclic) bond motifs is 4. The third kappa shape index (κ3) is 4.99. The molecule has 1 heterocycles. The van der Waals surface area contributed by atoms with Crippen molar-refractivity contribution >= 4 is 49.7 Å². The largest absolute Gasteiger partial charge is 0.436 e. The fraction of sp³-hybridized carbons (Fsp3) is 0. The first kappa shape index (κ1) is 27.8. The molecule has 8 aromatic carbocycles. The van der Waals surface area contributed by atoms with Gasteiger partial charge in [0.2, 0.25) is 5.89 Å². The van der Waals surface area contributed by atoms with E-state index >= 15 is 0 Å². The van der Waals surface area contributed by atoms with Crippen LogP contribution in [0.1, 0.15) is 0 Å². The fourth-order valence-corrected chi connectivity index (χ4v) is 6.68. The summed E-state index contributed by atoms with van der Waals surface area (Å²) in [7, 11) is 0. The lowest BCUT2D eigenvalue weighted by atomic mass is 9.98. The molecule has 3 nitrogen and oxygen atoms in total. The Morgan fingerprint density at radius 1 is 0.375 bits per heavy atom. The molecule has 0 spiro atoms. The first-order valence-electron chi connectivity index (χ1n) is 16.2. The Hall–Kier alpha value is -6.45. The van der Waals surface area contributed by atoms with Crippen LogP contribution in [0.5, 0.6) is 0 Å². The van der Waals surface area contributed by atoms with Crippen LogP contribution in [0, 0.1) is 0 Å². The summed E-state index contributed by atoms with van der Waals surface area (Å²) in [4.78, 5) is 7.17. The zero-order valence-electron chi connectivity index (χ0n) is 26.1. The Bertz CT molecular complexity index is 2530. The third-order valence-corrected chi connectivity index (χ3v) is 9.11. The van der Waals surface area contributed by atoms with Gasteiger partial charge in [0.05, 0.1) is 0 Å². The third-order valence-electron chi connectivity index (χ3n) is 9.11. The van der Waals surface area contributed by atoms with Crippen LogP contribution in [-0.4, -0.2) is 4.98 Å². The summed E-state index contributed by atoms with van der Waals surface area (Å²) in [5.41, 5.74) is 10.7. The van der Waals surface area contributed by atoms with Crippen molar-refractivity contribution in [3.05, 3.63) is 182 Å². The number of aromatic nitrogens is 1. The Kier molecular flexibility index (Phi) is 6.80. The minimum Gasteiger partial charge on any atom is -0.436 e. The van der Waals surface area contributed by atoms with E-state index in [1.165, 1.54) is 21.9 Å². The summed E-state index contributed by atoms with van der Waals surface area (Å²) < 4.78 is 6.17. The van der Waals surface area contributed by atoms with E-state index in [0.29, 0.717) is 5.89 Å². The van der Waals surface area contributed by atoms with Gasteiger partial charge in [0.15, 0.2) is 5.58 Å². The second kappa shape index (κ2) is 11.7. The highest BCUT2D eigenvalue weighted by Crippen LogP contribution is 2.38. The average Bonchev–Trinajstić information content (AvgIpc) is 3.61. The van der Waals surface area contributed by atoms with Gasteiger partial charge in [-0.2, -0.15) is 0 Å². The van der Waals surface area contributed by atoms with Crippen LogP contribution in [0.25, 0.3) is 66.4 Å². The fourth-order valence-electron chi connectivity index (χ4n) is 6.68. The van der Waals surface area contributed by atoms with E-state index in [1.54, 1.807) is 0 Å². The standard InChI is InChI=1S/C45H30N2O/c1-2-12-37(13-3-1)47(39-28-23-35(24-29-39)41-16-8-11-33-9-4-6-14-40(33)41)38-26-21-32(22-27-38)31-17-19-36(20-18-31)45-46-44-42-15-7-5-10-34(42)25-30-43(44)48-45/h1-30H. The summed E-state index contributed by atoms with van der Waals surface area (Å²) in [6.45, 7) is 0. The van der Waals surface area contributed by atoms with Gasteiger partial charge in [0.25, 0.3) is 0 Å². The lowest BCUT2D eigenvalue weighted by molar-refractivity contribution is 0.620. The first-order chi connectivity index (χ1) is 23.8. The van der Waals surface area contributed by atoms with Crippen LogP contribution < -0.4 is 4.90 Å². The van der Waals surface area contributed by atoms with E-state index in [2.05, 4.69) is 169 Å². The molecule has 226 valence electrons. The predicted octanol–water partition coefficient (Wildman–Crippen LogP) is 12.6. The van der Waals surface area contributed by atoms with Gasteiger partial charge in [0, 0.05) is 28.0 Å². The molecule has 0 bridgehead atoms. The summed E-state index contributed by atoms with van der Waals surface area (Å²) in [5, 5.41) is 4.78. The van der Waals surface area contributed by atoms with Crippen LogP contribution in [-0.2, 0) is 0 Å².